The van der Waals surface area contributed by atoms with Crippen molar-refractivity contribution in [2.75, 3.05) is 24.6 Å². The molecular weight excluding hydrogens is 947 g/mol. The van der Waals surface area contributed by atoms with Gasteiger partial charge < -0.3 is 37.6 Å². The zero-order valence-corrected chi connectivity index (χ0v) is 41.5. The van der Waals surface area contributed by atoms with Crippen molar-refractivity contribution < 1.29 is 52.7 Å². The Balaban J connectivity index is 2.07. The molecule has 0 spiro atoms. The fraction of sp³-hybridized carbons (Fsp3) is 0.543. The van der Waals surface area contributed by atoms with Gasteiger partial charge in [0.05, 0.1) is 44.2 Å². The molecule has 1 aliphatic rings. The first-order valence-corrected chi connectivity index (χ1v) is 25.1. The number of nitrogens with zero attached hydrogens (tertiary/aromatic N) is 1. The van der Waals surface area contributed by atoms with Gasteiger partial charge in [0.15, 0.2) is 0 Å². The summed E-state index contributed by atoms with van der Waals surface area (Å²) in [7, 11) is 0. The number of carbonyl (C=O) groups is 11. The Morgan fingerprint density at radius 1 is 0.829 bits per heavy atom. The summed E-state index contributed by atoms with van der Waals surface area (Å²) < 4.78 is 0. The third-order valence-corrected chi connectivity index (χ3v) is 13.1. The van der Waals surface area contributed by atoms with Crippen LogP contribution in [0, 0.1) is 11.8 Å². The van der Waals surface area contributed by atoms with Crippen LogP contribution in [0.25, 0.3) is 0 Å². The lowest BCUT2D eigenvalue weighted by atomic mass is 9.90. The fourth-order valence-electron chi connectivity index (χ4n) is 7.29. The molecule has 70 heavy (non-hydrogen) atoms. The van der Waals surface area contributed by atoms with Gasteiger partial charge in [0, 0.05) is 29.9 Å². The van der Waals surface area contributed by atoms with Crippen molar-refractivity contribution in [3.05, 3.63) is 58.3 Å². The van der Waals surface area contributed by atoms with Crippen molar-refractivity contribution in [1.82, 2.24) is 42.4 Å². The van der Waals surface area contributed by atoms with Crippen molar-refractivity contribution in [3.8, 4) is 0 Å². The van der Waals surface area contributed by atoms with E-state index in [4.69, 9.17) is 17.3 Å². The van der Waals surface area contributed by atoms with E-state index in [1.807, 2.05) is 0 Å². The van der Waals surface area contributed by atoms with Gasteiger partial charge in [-0.2, -0.15) is 11.8 Å². The van der Waals surface area contributed by atoms with E-state index in [0.29, 0.717) is 16.9 Å². The molecule has 7 amide bonds. The molecule has 22 nitrogen and oxygen atoms in total. The number of hydrazine groups is 2. The standard InChI is InChI=1S/C46H67N11O11S2/c1-5-27(4)40-43(65)42(64)33(21-28-10-7-6-8-11-28)51-38(61)16-19-69-18-15-31(53-45(67)34(22-37(48)60)54-44(66)30(55-56-40)13-14-36(47)59)46(68)57(24-29-12-9-17-70-29)25-39(62)52-32(20-26(2)3)41(63)35(58)23-50-49/h6-12,17,26-27,30-34,40,50,55-56H,5,13-16,18-25,49H2,1-4H3,(H2,47,59)(H2,48,60)(H,51,61)(H,52,62)(H,53,67)(H,54,66)/t27-,30-,31-,32-,33-,34-,40?/m0/s1. The van der Waals surface area contributed by atoms with Crippen LogP contribution in [0.1, 0.15) is 83.1 Å². The number of carbonyl (C=O) groups excluding carboxylic acids is 11. The number of rotatable bonds is 21. The van der Waals surface area contributed by atoms with Gasteiger partial charge in [0.2, 0.25) is 64.5 Å². The molecule has 0 saturated carbocycles. The number of amides is 7. The van der Waals surface area contributed by atoms with Gasteiger partial charge in [-0.3, -0.25) is 64.0 Å². The van der Waals surface area contributed by atoms with Crippen LogP contribution in [-0.2, 0) is 65.7 Å². The average molecular weight is 1010 g/mol. The normalized spacial score (nSPS) is 21.1. The van der Waals surface area contributed by atoms with Crippen molar-refractivity contribution in [2.45, 2.75) is 122 Å². The number of nitrogens with one attached hydrogen (secondary N) is 7. The maximum absolute atomic E-state index is 14.7. The van der Waals surface area contributed by atoms with Crippen LogP contribution in [0.5, 0.6) is 0 Å². The van der Waals surface area contributed by atoms with Crippen LogP contribution >= 0.6 is 23.1 Å². The minimum absolute atomic E-state index is 0.0160. The number of thioether (sulfide) groups is 1. The van der Waals surface area contributed by atoms with Crippen molar-refractivity contribution in [1.29, 1.82) is 0 Å². The quantitative estimate of drug-likeness (QED) is 0.0390. The number of benzene rings is 1. The molecule has 384 valence electrons. The highest BCUT2D eigenvalue weighted by atomic mass is 32.2. The molecule has 13 N–H and O–H groups in total. The van der Waals surface area contributed by atoms with E-state index in [1.54, 1.807) is 75.5 Å². The van der Waals surface area contributed by atoms with E-state index < -0.39 is 126 Å². The maximum Gasteiger partial charge on any atom is 0.245 e. The summed E-state index contributed by atoms with van der Waals surface area (Å²) >= 11 is 2.50. The maximum atomic E-state index is 14.7. The fourth-order valence-corrected chi connectivity index (χ4v) is 8.95. The van der Waals surface area contributed by atoms with Crippen LogP contribution in [0.3, 0.4) is 0 Å². The molecule has 1 aromatic heterocycles. The van der Waals surface area contributed by atoms with E-state index >= 15 is 0 Å². The molecular formula is C46H67N11O11S2. The van der Waals surface area contributed by atoms with E-state index in [1.165, 1.54) is 23.1 Å². The summed E-state index contributed by atoms with van der Waals surface area (Å²) in [5, 5.41) is 12.1. The van der Waals surface area contributed by atoms with E-state index in [0.717, 1.165) is 4.90 Å². The highest BCUT2D eigenvalue weighted by Crippen LogP contribution is 2.18. The number of thiophene rings is 1. The second-order valence-corrected chi connectivity index (χ2v) is 19.6. The van der Waals surface area contributed by atoms with Crippen LogP contribution in [0.2, 0.25) is 0 Å². The first-order chi connectivity index (χ1) is 33.2. The van der Waals surface area contributed by atoms with E-state index in [-0.39, 0.29) is 62.5 Å². The summed E-state index contributed by atoms with van der Waals surface area (Å²) in [5.41, 5.74) is 19.3. The molecule has 0 radical (unpaired) electrons. The first-order valence-electron chi connectivity index (χ1n) is 23.0. The van der Waals surface area contributed by atoms with Gasteiger partial charge in [-0.05, 0) is 53.9 Å². The van der Waals surface area contributed by atoms with Gasteiger partial charge in [-0.25, -0.2) is 10.9 Å². The Kier molecular flexibility index (Phi) is 25.0. The molecule has 1 saturated heterocycles. The van der Waals surface area contributed by atoms with Gasteiger partial charge in [-0.15, -0.1) is 11.3 Å². The predicted molar refractivity (Wildman–Crippen MR) is 261 cm³/mol. The van der Waals surface area contributed by atoms with Crippen molar-refractivity contribution >= 4 is 87.6 Å². The Morgan fingerprint density at radius 2 is 1.53 bits per heavy atom. The lowest BCUT2D eigenvalue weighted by molar-refractivity contribution is -0.142. The Labute approximate surface area is 415 Å². The molecule has 1 aromatic carbocycles. The van der Waals surface area contributed by atoms with E-state index in [2.05, 4.69) is 37.5 Å². The van der Waals surface area contributed by atoms with Crippen LogP contribution in [-0.4, -0.2) is 130 Å². The first kappa shape index (κ1) is 58.4. The highest BCUT2D eigenvalue weighted by Gasteiger charge is 2.37. The summed E-state index contributed by atoms with van der Waals surface area (Å²) in [4.78, 5) is 150. The van der Waals surface area contributed by atoms with Crippen LogP contribution in [0.15, 0.2) is 47.8 Å². The predicted octanol–water partition coefficient (Wildman–Crippen LogP) is -1.41. The molecule has 1 unspecified atom stereocenters. The number of hydrogen-bond donors (Lipinski definition) is 10. The van der Waals surface area contributed by atoms with Gasteiger partial charge in [-0.1, -0.05) is 70.5 Å². The average Bonchev–Trinajstić information content (AvgIpc) is 3.83. The number of Topliss-reactive ketones (excluding diaryl/α,β-unsaturated/α-hetero) is 4. The summed E-state index contributed by atoms with van der Waals surface area (Å²) in [6.07, 6.45) is -1.17. The smallest absolute Gasteiger partial charge is 0.245 e. The highest BCUT2D eigenvalue weighted by molar-refractivity contribution is 7.99. The third-order valence-electron chi connectivity index (χ3n) is 11.2. The van der Waals surface area contributed by atoms with Crippen LogP contribution in [0.4, 0.5) is 0 Å². The molecule has 0 bridgehead atoms. The van der Waals surface area contributed by atoms with Gasteiger partial charge in [0.1, 0.15) is 18.1 Å². The van der Waals surface area contributed by atoms with Crippen LogP contribution < -0.4 is 54.9 Å². The molecule has 7 atom stereocenters. The second-order valence-electron chi connectivity index (χ2n) is 17.4. The lowest BCUT2D eigenvalue weighted by Gasteiger charge is -2.30. The Bertz CT molecular complexity index is 2150. The van der Waals surface area contributed by atoms with Crippen molar-refractivity contribution in [2.24, 2.45) is 29.1 Å². The second kappa shape index (κ2) is 30.0. The zero-order valence-electron chi connectivity index (χ0n) is 39.9. The zero-order chi connectivity index (χ0) is 51.9. The number of hydrogen-bond acceptors (Lipinski definition) is 17. The molecule has 1 fully saturated rings. The summed E-state index contributed by atoms with van der Waals surface area (Å²) in [5.74, 6) is -4.56. The molecule has 2 heterocycles. The molecule has 1 aliphatic heterocycles. The monoisotopic (exact) mass is 1010 g/mol. The molecule has 3 rings (SSSR count). The minimum atomic E-state index is -1.70. The topological polar surface area (TPSA) is 353 Å². The van der Waals surface area contributed by atoms with Gasteiger partial charge in [0.25, 0.3) is 0 Å². The van der Waals surface area contributed by atoms with E-state index in [9.17, 15) is 52.7 Å². The lowest BCUT2D eigenvalue weighted by Crippen LogP contribution is -2.61. The summed E-state index contributed by atoms with van der Waals surface area (Å²) in [6, 6.07) is 3.89. The molecule has 2 aromatic rings. The molecule has 24 heteroatoms. The van der Waals surface area contributed by atoms with Gasteiger partial charge >= 0.3 is 0 Å². The third kappa shape index (κ3) is 19.8. The Hall–Kier alpha value is -5.92. The van der Waals surface area contributed by atoms with Crippen molar-refractivity contribution in [3.63, 3.8) is 0 Å². The number of ketones is 4. The number of nitrogens with two attached hydrogens (primary N) is 3. The SMILES string of the molecule is CC[C@H](C)C1NN[C@@H](CCC(N)=O)C(=O)N[C@@H](CC(N)=O)C(=O)N[C@H](C(=O)N(CC(=O)N[C@@H](CC(C)C)C(=O)C(=O)CNN)Cc2cccs2)CCSCCC(=O)N[C@@H](Cc2ccccc2)C(=O)C1=O. The number of primary amides is 2. The largest absolute Gasteiger partial charge is 0.370 e. The summed E-state index contributed by atoms with van der Waals surface area (Å²) in [6.45, 7) is 5.81. The molecule has 0 aliphatic carbocycles. The minimum Gasteiger partial charge on any atom is -0.370 e. The Morgan fingerprint density at radius 3 is 2.14 bits per heavy atom.